The lowest BCUT2D eigenvalue weighted by atomic mass is 9.98. The number of thiocarbonyl (C=S) groups is 1. The van der Waals surface area contributed by atoms with Gasteiger partial charge in [-0.25, -0.2) is 4.98 Å². The van der Waals surface area contributed by atoms with Crippen LogP contribution >= 0.6 is 12.2 Å². The van der Waals surface area contributed by atoms with E-state index in [1.165, 1.54) is 5.56 Å². The number of benzene rings is 2. The van der Waals surface area contributed by atoms with Gasteiger partial charge in [-0.15, -0.1) is 0 Å². The summed E-state index contributed by atoms with van der Waals surface area (Å²) in [6.45, 7) is 4.12. The lowest BCUT2D eigenvalue weighted by molar-refractivity contribution is 0.768. The van der Waals surface area contributed by atoms with Crippen molar-refractivity contribution in [3.8, 4) is 0 Å². The van der Waals surface area contributed by atoms with Gasteiger partial charge in [0.05, 0.1) is 6.04 Å². The first-order valence-corrected chi connectivity index (χ1v) is 8.64. The van der Waals surface area contributed by atoms with Crippen LogP contribution in [0.3, 0.4) is 0 Å². The first-order chi connectivity index (χ1) is 12.1. The summed E-state index contributed by atoms with van der Waals surface area (Å²) in [5, 5.41) is 7.14. The summed E-state index contributed by atoms with van der Waals surface area (Å²) >= 11 is 5.52. The van der Waals surface area contributed by atoms with E-state index in [0.29, 0.717) is 5.11 Å². The van der Waals surface area contributed by atoms with E-state index in [1.54, 1.807) is 6.20 Å². The van der Waals surface area contributed by atoms with E-state index < -0.39 is 0 Å². The van der Waals surface area contributed by atoms with E-state index in [4.69, 9.17) is 12.2 Å². The van der Waals surface area contributed by atoms with Gasteiger partial charge >= 0.3 is 0 Å². The molecule has 4 heteroatoms. The van der Waals surface area contributed by atoms with Crippen molar-refractivity contribution in [3.05, 3.63) is 95.2 Å². The molecule has 1 atom stereocenters. The van der Waals surface area contributed by atoms with Crippen molar-refractivity contribution >= 4 is 23.1 Å². The van der Waals surface area contributed by atoms with Crippen LogP contribution in [0.5, 0.6) is 0 Å². The van der Waals surface area contributed by atoms with E-state index in [0.717, 1.165) is 22.5 Å². The Morgan fingerprint density at radius 3 is 2.24 bits per heavy atom. The molecule has 0 aliphatic rings. The molecule has 3 nitrogen and oxygen atoms in total. The lowest BCUT2D eigenvalue weighted by Crippen LogP contribution is -2.33. The molecule has 0 spiro atoms. The average Bonchev–Trinajstić information content (AvgIpc) is 2.61. The largest absolute Gasteiger partial charge is 0.351 e. The zero-order valence-corrected chi connectivity index (χ0v) is 15.2. The van der Waals surface area contributed by atoms with Crippen LogP contribution in [0.2, 0.25) is 0 Å². The topological polar surface area (TPSA) is 37.0 Å². The normalized spacial score (nSPS) is 11.6. The standard InChI is InChI=1S/C21H21N3S/c1-15-8-10-18(11-9-15)20(17-6-4-3-5-7-17)24-21(25)23-19-14-16(2)12-13-22-19/h3-14,20H,1-2H3,(H2,22,23,24,25)/t20-/m0/s1. The number of hydrogen-bond donors (Lipinski definition) is 2. The summed E-state index contributed by atoms with van der Waals surface area (Å²) in [6, 6.07) is 22.7. The molecule has 0 aliphatic heterocycles. The Hall–Kier alpha value is -2.72. The van der Waals surface area contributed by atoms with Crippen LogP contribution in [0.15, 0.2) is 72.9 Å². The van der Waals surface area contributed by atoms with Gasteiger partial charge in [0.15, 0.2) is 5.11 Å². The Morgan fingerprint density at radius 2 is 1.56 bits per heavy atom. The summed E-state index contributed by atoms with van der Waals surface area (Å²) < 4.78 is 0. The van der Waals surface area contributed by atoms with Crippen molar-refractivity contribution in [1.29, 1.82) is 0 Å². The van der Waals surface area contributed by atoms with Crippen molar-refractivity contribution < 1.29 is 0 Å². The summed E-state index contributed by atoms with van der Waals surface area (Å²) in [5.41, 5.74) is 4.70. The van der Waals surface area contributed by atoms with Crippen LogP contribution in [0.25, 0.3) is 0 Å². The Morgan fingerprint density at radius 1 is 0.880 bits per heavy atom. The quantitative estimate of drug-likeness (QED) is 0.666. The van der Waals surface area contributed by atoms with E-state index in [2.05, 4.69) is 58.9 Å². The smallest absolute Gasteiger partial charge is 0.172 e. The van der Waals surface area contributed by atoms with Gasteiger partial charge in [0.1, 0.15) is 5.82 Å². The third-order valence-electron chi connectivity index (χ3n) is 3.98. The predicted octanol–water partition coefficient (Wildman–Crippen LogP) is 4.77. The number of aromatic nitrogens is 1. The summed E-state index contributed by atoms with van der Waals surface area (Å²) in [7, 11) is 0. The molecule has 0 bridgehead atoms. The Labute approximate surface area is 154 Å². The minimum absolute atomic E-state index is 0.0217. The molecule has 0 fully saturated rings. The van der Waals surface area contributed by atoms with Gasteiger partial charge in [-0.1, -0.05) is 60.2 Å². The molecule has 0 radical (unpaired) electrons. The van der Waals surface area contributed by atoms with E-state index in [1.807, 2.05) is 37.3 Å². The highest BCUT2D eigenvalue weighted by Crippen LogP contribution is 2.22. The molecule has 126 valence electrons. The molecule has 2 N–H and O–H groups in total. The Balaban J connectivity index is 1.82. The van der Waals surface area contributed by atoms with Gasteiger partial charge in [-0.3, -0.25) is 0 Å². The summed E-state index contributed by atoms with van der Waals surface area (Å²) in [5.74, 6) is 0.744. The molecule has 0 aliphatic carbocycles. The molecule has 25 heavy (non-hydrogen) atoms. The molecule has 2 aromatic carbocycles. The molecular formula is C21H21N3S. The minimum atomic E-state index is -0.0217. The molecule has 0 amide bonds. The molecule has 3 aromatic rings. The molecule has 0 saturated carbocycles. The third kappa shape index (κ3) is 4.64. The van der Waals surface area contributed by atoms with Crippen molar-refractivity contribution in [1.82, 2.24) is 10.3 Å². The second-order valence-corrected chi connectivity index (χ2v) is 6.48. The lowest BCUT2D eigenvalue weighted by Gasteiger charge is -2.22. The first kappa shape index (κ1) is 17.1. The number of hydrogen-bond acceptors (Lipinski definition) is 2. The third-order valence-corrected chi connectivity index (χ3v) is 4.20. The van der Waals surface area contributed by atoms with Crippen LogP contribution in [-0.4, -0.2) is 10.1 Å². The number of pyridine rings is 1. The van der Waals surface area contributed by atoms with Crippen LogP contribution < -0.4 is 10.6 Å². The van der Waals surface area contributed by atoms with Gasteiger partial charge in [0, 0.05) is 6.20 Å². The van der Waals surface area contributed by atoms with Crippen molar-refractivity contribution in [3.63, 3.8) is 0 Å². The van der Waals surface area contributed by atoms with Gasteiger partial charge in [0.25, 0.3) is 0 Å². The number of nitrogens with one attached hydrogen (secondary N) is 2. The fourth-order valence-corrected chi connectivity index (χ4v) is 2.87. The van der Waals surface area contributed by atoms with Crippen LogP contribution in [0, 0.1) is 13.8 Å². The molecule has 3 rings (SSSR count). The van der Waals surface area contributed by atoms with Gasteiger partial charge < -0.3 is 10.6 Å². The number of nitrogens with zero attached hydrogens (tertiary/aromatic N) is 1. The molecule has 1 heterocycles. The highest BCUT2D eigenvalue weighted by atomic mass is 32.1. The number of rotatable bonds is 4. The highest BCUT2D eigenvalue weighted by molar-refractivity contribution is 7.80. The monoisotopic (exact) mass is 347 g/mol. The van der Waals surface area contributed by atoms with Gasteiger partial charge in [0.2, 0.25) is 0 Å². The zero-order valence-electron chi connectivity index (χ0n) is 14.4. The summed E-state index contributed by atoms with van der Waals surface area (Å²) in [4.78, 5) is 4.31. The number of anilines is 1. The first-order valence-electron chi connectivity index (χ1n) is 8.23. The van der Waals surface area contributed by atoms with Crippen LogP contribution in [0.4, 0.5) is 5.82 Å². The SMILES string of the molecule is Cc1ccc([C@@H](NC(=S)Nc2cc(C)ccn2)c2ccccc2)cc1. The zero-order chi connectivity index (χ0) is 17.6. The second kappa shape index (κ2) is 7.90. The van der Waals surface area contributed by atoms with Crippen LogP contribution in [-0.2, 0) is 0 Å². The van der Waals surface area contributed by atoms with Crippen LogP contribution in [0.1, 0.15) is 28.3 Å². The Bertz CT molecular complexity index is 845. The maximum atomic E-state index is 5.52. The maximum absolute atomic E-state index is 5.52. The van der Waals surface area contributed by atoms with Crippen molar-refractivity contribution in [2.45, 2.75) is 19.9 Å². The Kier molecular flexibility index (Phi) is 5.41. The van der Waals surface area contributed by atoms with Crippen molar-refractivity contribution in [2.24, 2.45) is 0 Å². The van der Waals surface area contributed by atoms with E-state index in [9.17, 15) is 0 Å². The average molecular weight is 347 g/mol. The molecule has 0 saturated heterocycles. The predicted molar refractivity (Wildman–Crippen MR) is 108 cm³/mol. The van der Waals surface area contributed by atoms with Gasteiger partial charge in [-0.2, -0.15) is 0 Å². The second-order valence-electron chi connectivity index (χ2n) is 6.07. The molecule has 1 aromatic heterocycles. The molecular weight excluding hydrogens is 326 g/mol. The minimum Gasteiger partial charge on any atom is -0.351 e. The van der Waals surface area contributed by atoms with Gasteiger partial charge in [-0.05, 0) is 54.9 Å². The fraction of sp³-hybridized carbons (Fsp3) is 0.143. The van der Waals surface area contributed by atoms with E-state index in [-0.39, 0.29) is 6.04 Å². The maximum Gasteiger partial charge on any atom is 0.172 e. The van der Waals surface area contributed by atoms with Crippen molar-refractivity contribution in [2.75, 3.05) is 5.32 Å². The number of aryl methyl sites for hydroxylation is 2. The fourth-order valence-electron chi connectivity index (χ4n) is 2.65. The highest BCUT2D eigenvalue weighted by Gasteiger charge is 2.15. The molecule has 0 unspecified atom stereocenters. The van der Waals surface area contributed by atoms with E-state index >= 15 is 0 Å². The summed E-state index contributed by atoms with van der Waals surface area (Å²) in [6.07, 6.45) is 1.77.